The SMILES string of the molecule is CCc1ccc(CNC(=O)Nc2cc(-n3cnnn3)ccc2F)cc1. The molecule has 0 fully saturated rings. The Kier molecular flexibility index (Phi) is 4.98. The fraction of sp³-hybridized carbons (Fsp3) is 0.176. The molecule has 0 radical (unpaired) electrons. The van der Waals surface area contributed by atoms with Crippen LogP contribution in [0, 0.1) is 5.82 Å². The molecule has 25 heavy (non-hydrogen) atoms. The van der Waals surface area contributed by atoms with E-state index >= 15 is 0 Å². The third-order valence-corrected chi connectivity index (χ3v) is 3.70. The maximum Gasteiger partial charge on any atom is 0.319 e. The minimum absolute atomic E-state index is 0.0480. The summed E-state index contributed by atoms with van der Waals surface area (Å²) >= 11 is 0. The Bertz CT molecular complexity index is 848. The first-order valence-electron chi connectivity index (χ1n) is 7.81. The van der Waals surface area contributed by atoms with Crippen LogP contribution in [0.3, 0.4) is 0 Å². The zero-order valence-electron chi connectivity index (χ0n) is 13.6. The Hall–Kier alpha value is -3.29. The first-order valence-corrected chi connectivity index (χ1v) is 7.81. The van der Waals surface area contributed by atoms with E-state index < -0.39 is 11.8 Å². The van der Waals surface area contributed by atoms with E-state index in [1.54, 1.807) is 0 Å². The molecule has 3 aromatic rings. The molecule has 2 aromatic carbocycles. The normalized spacial score (nSPS) is 10.5. The van der Waals surface area contributed by atoms with Crippen molar-refractivity contribution in [2.75, 3.05) is 5.32 Å². The van der Waals surface area contributed by atoms with E-state index in [-0.39, 0.29) is 5.69 Å². The van der Waals surface area contributed by atoms with Gasteiger partial charge in [-0.05, 0) is 46.2 Å². The monoisotopic (exact) mass is 340 g/mol. The number of urea groups is 1. The van der Waals surface area contributed by atoms with Gasteiger partial charge in [0.1, 0.15) is 12.1 Å². The minimum atomic E-state index is -0.542. The van der Waals surface area contributed by atoms with Crippen LogP contribution in [-0.4, -0.2) is 26.2 Å². The summed E-state index contributed by atoms with van der Waals surface area (Å²) in [5.74, 6) is -0.542. The lowest BCUT2D eigenvalue weighted by Crippen LogP contribution is -2.28. The number of aryl methyl sites for hydroxylation is 1. The molecule has 128 valence electrons. The molecule has 2 N–H and O–H groups in total. The van der Waals surface area contributed by atoms with Gasteiger partial charge in [0.15, 0.2) is 0 Å². The van der Waals surface area contributed by atoms with Crippen molar-refractivity contribution in [3.8, 4) is 5.69 Å². The van der Waals surface area contributed by atoms with E-state index in [0.717, 1.165) is 12.0 Å². The van der Waals surface area contributed by atoms with Gasteiger partial charge in [-0.3, -0.25) is 0 Å². The number of carbonyl (C=O) groups excluding carboxylic acids is 1. The number of rotatable bonds is 5. The van der Waals surface area contributed by atoms with Crippen molar-refractivity contribution in [1.82, 2.24) is 25.5 Å². The summed E-state index contributed by atoms with van der Waals surface area (Å²) in [5.41, 5.74) is 2.79. The van der Waals surface area contributed by atoms with Gasteiger partial charge >= 0.3 is 6.03 Å². The highest BCUT2D eigenvalue weighted by Gasteiger charge is 2.09. The Morgan fingerprint density at radius 1 is 1.16 bits per heavy atom. The highest BCUT2D eigenvalue weighted by atomic mass is 19.1. The summed E-state index contributed by atoms with van der Waals surface area (Å²) in [5, 5.41) is 16.0. The van der Waals surface area contributed by atoms with Crippen LogP contribution < -0.4 is 10.6 Å². The lowest BCUT2D eigenvalue weighted by atomic mass is 10.1. The summed E-state index contributed by atoms with van der Waals surface area (Å²) in [4.78, 5) is 12.0. The average Bonchev–Trinajstić information content (AvgIpc) is 3.17. The molecule has 2 amide bonds. The Labute approximate surface area is 143 Å². The van der Waals surface area contributed by atoms with Gasteiger partial charge in [0, 0.05) is 6.54 Å². The van der Waals surface area contributed by atoms with Crippen LogP contribution in [0.5, 0.6) is 0 Å². The fourth-order valence-corrected chi connectivity index (χ4v) is 2.27. The highest BCUT2D eigenvalue weighted by Crippen LogP contribution is 2.18. The quantitative estimate of drug-likeness (QED) is 0.748. The van der Waals surface area contributed by atoms with Gasteiger partial charge in [-0.25, -0.2) is 13.9 Å². The predicted octanol–water partition coefficient (Wildman–Crippen LogP) is 2.69. The van der Waals surface area contributed by atoms with Crippen molar-refractivity contribution in [2.45, 2.75) is 19.9 Å². The van der Waals surface area contributed by atoms with E-state index in [1.165, 1.54) is 34.8 Å². The van der Waals surface area contributed by atoms with E-state index in [1.807, 2.05) is 24.3 Å². The Balaban J connectivity index is 1.63. The van der Waals surface area contributed by atoms with Crippen molar-refractivity contribution < 1.29 is 9.18 Å². The van der Waals surface area contributed by atoms with Gasteiger partial charge < -0.3 is 10.6 Å². The van der Waals surface area contributed by atoms with Crippen LogP contribution in [0.2, 0.25) is 0 Å². The number of benzene rings is 2. The molecule has 0 aliphatic heterocycles. The second kappa shape index (κ2) is 7.52. The topological polar surface area (TPSA) is 84.7 Å². The second-order valence-electron chi connectivity index (χ2n) is 5.40. The second-order valence-corrected chi connectivity index (χ2v) is 5.40. The first-order chi connectivity index (χ1) is 12.2. The maximum atomic E-state index is 13.9. The molecule has 0 unspecified atom stereocenters. The van der Waals surface area contributed by atoms with Crippen LogP contribution in [0.25, 0.3) is 5.69 Å². The zero-order chi connectivity index (χ0) is 17.6. The summed E-state index contributed by atoms with van der Waals surface area (Å²) < 4.78 is 15.3. The van der Waals surface area contributed by atoms with Crippen LogP contribution in [0.15, 0.2) is 48.8 Å². The number of hydrogen-bond donors (Lipinski definition) is 2. The molecule has 0 atom stereocenters. The van der Waals surface area contributed by atoms with Gasteiger partial charge in [0.25, 0.3) is 0 Å². The molecule has 0 aliphatic rings. The molecule has 0 saturated heterocycles. The Morgan fingerprint density at radius 2 is 1.92 bits per heavy atom. The van der Waals surface area contributed by atoms with Crippen LogP contribution >= 0.6 is 0 Å². The molecular weight excluding hydrogens is 323 g/mol. The molecule has 0 spiro atoms. The summed E-state index contributed by atoms with van der Waals surface area (Å²) in [6.07, 6.45) is 2.35. The van der Waals surface area contributed by atoms with Gasteiger partial charge in [-0.15, -0.1) is 5.10 Å². The molecule has 3 rings (SSSR count). The average molecular weight is 340 g/mol. The molecule has 7 nitrogen and oxygen atoms in total. The predicted molar refractivity (Wildman–Crippen MR) is 90.8 cm³/mol. The van der Waals surface area contributed by atoms with E-state index in [4.69, 9.17) is 0 Å². The maximum absolute atomic E-state index is 13.9. The standard InChI is InChI=1S/C17H17FN6O/c1-2-12-3-5-13(6-4-12)10-19-17(25)21-16-9-14(7-8-15(16)18)24-11-20-22-23-24/h3-9,11H,2,10H2,1H3,(H2,19,21,25). The molecule has 0 aliphatic carbocycles. The number of halogens is 1. The summed E-state index contributed by atoms with van der Waals surface area (Å²) in [6, 6.07) is 11.7. The number of hydrogen-bond acceptors (Lipinski definition) is 4. The summed E-state index contributed by atoms with van der Waals surface area (Å²) in [6.45, 7) is 2.43. The molecule has 1 aromatic heterocycles. The molecule has 0 saturated carbocycles. The number of tetrazole rings is 1. The highest BCUT2D eigenvalue weighted by molar-refractivity contribution is 5.89. The lowest BCUT2D eigenvalue weighted by Gasteiger charge is -2.10. The van der Waals surface area contributed by atoms with Crippen LogP contribution in [0.4, 0.5) is 14.9 Å². The van der Waals surface area contributed by atoms with Crippen molar-refractivity contribution >= 4 is 11.7 Å². The van der Waals surface area contributed by atoms with Crippen LogP contribution in [-0.2, 0) is 13.0 Å². The zero-order valence-corrected chi connectivity index (χ0v) is 13.6. The first kappa shape index (κ1) is 16.6. The van der Waals surface area contributed by atoms with E-state index in [2.05, 4.69) is 33.1 Å². The fourth-order valence-electron chi connectivity index (χ4n) is 2.27. The van der Waals surface area contributed by atoms with Crippen molar-refractivity contribution in [2.24, 2.45) is 0 Å². The molecule has 1 heterocycles. The van der Waals surface area contributed by atoms with Crippen molar-refractivity contribution in [3.63, 3.8) is 0 Å². The van der Waals surface area contributed by atoms with E-state index in [0.29, 0.717) is 12.2 Å². The summed E-state index contributed by atoms with van der Waals surface area (Å²) in [7, 11) is 0. The molecule has 0 bridgehead atoms. The minimum Gasteiger partial charge on any atom is -0.334 e. The van der Waals surface area contributed by atoms with E-state index in [9.17, 15) is 9.18 Å². The largest absolute Gasteiger partial charge is 0.334 e. The molecular formula is C17H17FN6O. The van der Waals surface area contributed by atoms with Gasteiger partial charge in [0.05, 0.1) is 11.4 Å². The molecule has 8 heteroatoms. The lowest BCUT2D eigenvalue weighted by molar-refractivity contribution is 0.251. The third kappa shape index (κ3) is 4.17. The van der Waals surface area contributed by atoms with Crippen molar-refractivity contribution in [1.29, 1.82) is 0 Å². The number of nitrogens with zero attached hydrogens (tertiary/aromatic N) is 4. The number of nitrogens with one attached hydrogen (secondary N) is 2. The number of carbonyl (C=O) groups is 1. The van der Waals surface area contributed by atoms with Gasteiger partial charge in [-0.1, -0.05) is 31.2 Å². The van der Waals surface area contributed by atoms with Crippen LogP contribution in [0.1, 0.15) is 18.1 Å². The number of anilines is 1. The van der Waals surface area contributed by atoms with Gasteiger partial charge in [0.2, 0.25) is 0 Å². The third-order valence-electron chi connectivity index (χ3n) is 3.70. The number of amides is 2. The van der Waals surface area contributed by atoms with Gasteiger partial charge in [-0.2, -0.15) is 0 Å². The van der Waals surface area contributed by atoms with Crippen molar-refractivity contribution in [3.05, 3.63) is 65.7 Å². The number of aromatic nitrogens is 4. The Morgan fingerprint density at radius 3 is 2.60 bits per heavy atom. The smallest absolute Gasteiger partial charge is 0.319 e.